The quantitative estimate of drug-likeness (QED) is 0.804. The summed E-state index contributed by atoms with van der Waals surface area (Å²) in [5.41, 5.74) is 5.61. The Morgan fingerprint density at radius 3 is 2.63 bits per heavy atom. The van der Waals surface area contributed by atoms with Crippen LogP contribution in [0, 0.1) is 0 Å². The minimum absolute atomic E-state index is 0.0399. The van der Waals surface area contributed by atoms with Crippen LogP contribution in [-0.2, 0) is 9.84 Å². The molecule has 1 amide bonds. The van der Waals surface area contributed by atoms with E-state index in [9.17, 15) is 13.2 Å². The number of rotatable bonds is 2. The summed E-state index contributed by atoms with van der Waals surface area (Å²) in [5, 5.41) is 3.12. The second-order valence-electron chi connectivity index (χ2n) is 5.13. The molecule has 1 aromatic carbocycles. The van der Waals surface area contributed by atoms with E-state index in [1.54, 1.807) is 13.0 Å². The highest BCUT2D eigenvalue weighted by Crippen LogP contribution is 2.24. The second-order valence-corrected chi connectivity index (χ2v) is 7.75. The molecule has 1 heterocycles. The molecule has 3 N–H and O–H groups in total. The zero-order valence-electron chi connectivity index (χ0n) is 10.4. The van der Waals surface area contributed by atoms with E-state index in [1.165, 1.54) is 12.1 Å². The summed E-state index contributed by atoms with van der Waals surface area (Å²) in [6, 6.07) is 4.55. The van der Waals surface area contributed by atoms with Crippen molar-refractivity contribution in [2.24, 2.45) is 0 Å². The minimum atomic E-state index is -3.06. The predicted octanol–water partition coefficient (Wildman–Crippen LogP) is 1.23. The van der Waals surface area contributed by atoms with Gasteiger partial charge in [-0.25, -0.2) is 8.42 Å². The van der Waals surface area contributed by atoms with Crippen LogP contribution < -0.4 is 11.1 Å². The molecule has 1 atom stereocenters. The molecular formula is C12H15ClN2O3S. The Morgan fingerprint density at radius 2 is 2.11 bits per heavy atom. The molecule has 19 heavy (non-hydrogen) atoms. The Labute approximate surface area is 117 Å². The van der Waals surface area contributed by atoms with Crippen molar-refractivity contribution in [3.05, 3.63) is 28.8 Å². The predicted molar refractivity (Wildman–Crippen MR) is 75.0 cm³/mol. The summed E-state index contributed by atoms with van der Waals surface area (Å²) in [7, 11) is -3.06. The van der Waals surface area contributed by atoms with E-state index in [4.69, 9.17) is 17.3 Å². The van der Waals surface area contributed by atoms with Crippen LogP contribution >= 0.6 is 11.6 Å². The van der Waals surface area contributed by atoms with Gasteiger partial charge < -0.3 is 11.1 Å². The van der Waals surface area contributed by atoms with Crippen LogP contribution in [0.3, 0.4) is 0 Å². The lowest BCUT2D eigenvalue weighted by molar-refractivity contribution is 0.0915. The average Bonchev–Trinajstić information content (AvgIpc) is 2.51. The Hall–Kier alpha value is -1.27. The van der Waals surface area contributed by atoms with Gasteiger partial charge in [0.05, 0.1) is 17.0 Å². The molecule has 7 heteroatoms. The summed E-state index contributed by atoms with van der Waals surface area (Å²) in [6.07, 6.45) is 0.414. The van der Waals surface area contributed by atoms with Crippen molar-refractivity contribution in [1.82, 2.24) is 5.32 Å². The maximum Gasteiger partial charge on any atom is 0.251 e. The molecule has 1 aliphatic heterocycles. The van der Waals surface area contributed by atoms with Crippen molar-refractivity contribution in [2.45, 2.75) is 18.9 Å². The Kier molecular flexibility index (Phi) is 3.49. The third kappa shape index (κ3) is 3.39. The normalized spacial score (nSPS) is 25.2. The lowest BCUT2D eigenvalue weighted by Gasteiger charge is -2.24. The van der Waals surface area contributed by atoms with Crippen molar-refractivity contribution < 1.29 is 13.2 Å². The highest BCUT2D eigenvalue weighted by atomic mass is 35.5. The molecule has 1 saturated heterocycles. The van der Waals surface area contributed by atoms with Gasteiger partial charge in [0, 0.05) is 16.3 Å². The topological polar surface area (TPSA) is 89.3 Å². The molecular weight excluding hydrogens is 288 g/mol. The van der Waals surface area contributed by atoms with Gasteiger partial charge in [0.25, 0.3) is 5.91 Å². The molecule has 0 aromatic heterocycles. The van der Waals surface area contributed by atoms with Gasteiger partial charge in [-0.05, 0) is 31.5 Å². The van der Waals surface area contributed by atoms with Crippen LogP contribution in [-0.4, -0.2) is 31.4 Å². The number of benzene rings is 1. The summed E-state index contributed by atoms with van der Waals surface area (Å²) in [5.74, 6) is -0.308. The fraction of sp³-hybridized carbons (Fsp3) is 0.417. The Morgan fingerprint density at radius 1 is 1.42 bits per heavy atom. The van der Waals surface area contributed by atoms with Crippen molar-refractivity contribution in [3.63, 3.8) is 0 Å². The first-order valence-corrected chi connectivity index (χ1v) is 7.98. The minimum Gasteiger partial charge on any atom is -0.399 e. The Balaban J connectivity index is 2.18. The number of sulfone groups is 1. The number of hydrogen-bond donors (Lipinski definition) is 2. The third-order valence-corrected chi connectivity index (χ3v) is 5.22. The first-order valence-electron chi connectivity index (χ1n) is 5.78. The van der Waals surface area contributed by atoms with Crippen molar-refractivity contribution >= 4 is 33.0 Å². The highest BCUT2D eigenvalue weighted by molar-refractivity contribution is 7.91. The van der Waals surface area contributed by atoms with Crippen LogP contribution in [0.15, 0.2) is 18.2 Å². The molecule has 1 unspecified atom stereocenters. The standard InChI is InChI=1S/C12H15ClN2O3S/c1-12(2-3-19(17,18)7-12)15-11(16)8-4-9(13)6-10(14)5-8/h4-6H,2-3,7,14H2,1H3,(H,15,16). The number of nitrogens with one attached hydrogen (secondary N) is 1. The second kappa shape index (κ2) is 4.68. The van der Waals surface area contributed by atoms with Crippen LogP contribution in [0.25, 0.3) is 0 Å². The first-order chi connectivity index (χ1) is 8.69. The van der Waals surface area contributed by atoms with Gasteiger partial charge in [0.15, 0.2) is 9.84 Å². The highest BCUT2D eigenvalue weighted by Gasteiger charge is 2.39. The fourth-order valence-electron chi connectivity index (χ4n) is 2.20. The van der Waals surface area contributed by atoms with Crippen LogP contribution in [0.5, 0.6) is 0 Å². The van der Waals surface area contributed by atoms with Crippen molar-refractivity contribution in [2.75, 3.05) is 17.2 Å². The van der Waals surface area contributed by atoms with Crippen molar-refractivity contribution in [3.8, 4) is 0 Å². The van der Waals surface area contributed by atoms with Gasteiger partial charge in [-0.15, -0.1) is 0 Å². The molecule has 0 saturated carbocycles. The molecule has 1 fully saturated rings. The van der Waals surface area contributed by atoms with E-state index in [0.717, 1.165) is 0 Å². The maximum absolute atomic E-state index is 12.1. The number of carbonyl (C=O) groups is 1. The van der Waals surface area contributed by atoms with Gasteiger partial charge in [0.1, 0.15) is 0 Å². The molecule has 5 nitrogen and oxygen atoms in total. The zero-order chi connectivity index (χ0) is 14.3. The SMILES string of the molecule is CC1(NC(=O)c2cc(N)cc(Cl)c2)CCS(=O)(=O)C1. The monoisotopic (exact) mass is 302 g/mol. The maximum atomic E-state index is 12.1. The van der Waals surface area contributed by atoms with Crippen molar-refractivity contribution in [1.29, 1.82) is 0 Å². The zero-order valence-corrected chi connectivity index (χ0v) is 12.0. The van der Waals surface area contributed by atoms with E-state index in [0.29, 0.717) is 22.7 Å². The van der Waals surface area contributed by atoms with Gasteiger partial charge >= 0.3 is 0 Å². The molecule has 2 rings (SSSR count). The third-order valence-electron chi connectivity index (χ3n) is 3.10. The van der Waals surface area contributed by atoms with E-state index >= 15 is 0 Å². The van der Waals surface area contributed by atoms with E-state index in [1.807, 2.05) is 0 Å². The van der Waals surface area contributed by atoms with Gasteiger partial charge in [-0.1, -0.05) is 11.6 Å². The number of carbonyl (C=O) groups excluding carboxylic acids is 1. The van der Waals surface area contributed by atoms with Gasteiger partial charge in [0.2, 0.25) is 0 Å². The summed E-state index contributed by atoms with van der Waals surface area (Å²) < 4.78 is 23.0. The van der Waals surface area contributed by atoms with Crippen LogP contribution in [0.4, 0.5) is 5.69 Å². The number of amides is 1. The average molecular weight is 303 g/mol. The molecule has 1 aromatic rings. The summed E-state index contributed by atoms with van der Waals surface area (Å²) in [4.78, 5) is 12.1. The largest absolute Gasteiger partial charge is 0.399 e. The van der Waals surface area contributed by atoms with E-state index in [-0.39, 0.29) is 17.4 Å². The lowest BCUT2D eigenvalue weighted by atomic mass is 10.0. The lowest BCUT2D eigenvalue weighted by Crippen LogP contribution is -2.46. The van der Waals surface area contributed by atoms with Gasteiger partial charge in [-0.2, -0.15) is 0 Å². The summed E-state index contributed by atoms with van der Waals surface area (Å²) >= 11 is 5.83. The smallest absolute Gasteiger partial charge is 0.251 e. The molecule has 104 valence electrons. The summed E-state index contributed by atoms with van der Waals surface area (Å²) in [6.45, 7) is 1.73. The number of halogens is 1. The molecule has 0 bridgehead atoms. The molecule has 0 aliphatic carbocycles. The fourth-order valence-corrected chi connectivity index (χ4v) is 4.54. The van der Waals surface area contributed by atoms with Crippen LogP contribution in [0.2, 0.25) is 5.02 Å². The molecule has 0 radical (unpaired) electrons. The van der Waals surface area contributed by atoms with E-state index in [2.05, 4.69) is 5.32 Å². The number of nitrogen functional groups attached to an aromatic ring is 1. The van der Waals surface area contributed by atoms with Gasteiger partial charge in [-0.3, -0.25) is 4.79 Å². The molecule has 1 aliphatic rings. The number of hydrogen-bond acceptors (Lipinski definition) is 4. The Bertz CT molecular complexity index is 610. The van der Waals surface area contributed by atoms with Crippen LogP contribution in [0.1, 0.15) is 23.7 Å². The number of anilines is 1. The molecule has 0 spiro atoms. The van der Waals surface area contributed by atoms with E-state index < -0.39 is 15.4 Å². The first kappa shape index (κ1) is 14.1. The number of nitrogens with two attached hydrogens (primary N) is 1.